The van der Waals surface area contributed by atoms with Crippen LogP contribution in [0.4, 0.5) is 5.69 Å². The van der Waals surface area contributed by atoms with Crippen LogP contribution in [0.3, 0.4) is 0 Å². The number of halogens is 1. The zero-order chi connectivity index (χ0) is 14.0. The molecule has 0 bridgehead atoms. The Hall–Kier alpha value is -1.46. The van der Waals surface area contributed by atoms with Crippen LogP contribution in [-0.2, 0) is 12.3 Å². The van der Waals surface area contributed by atoms with E-state index in [0.29, 0.717) is 17.9 Å². The summed E-state index contributed by atoms with van der Waals surface area (Å²) < 4.78 is 0. The van der Waals surface area contributed by atoms with Crippen LogP contribution in [0.25, 0.3) is 0 Å². The molecule has 0 spiro atoms. The highest BCUT2D eigenvalue weighted by Gasteiger charge is 2.14. The van der Waals surface area contributed by atoms with Crippen molar-refractivity contribution >= 4 is 28.6 Å². The summed E-state index contributed by atoms with van der Waals surface area (Å²) in [5.74, 6) is 0.411. The summed E-state index contributed by atoms with van der Waals surface area (Å²) in [6.45, 7) is 3.64. The van der Waals surface area contributed by atoms with Crippen LogP contribution in [0, 0.1) is 24.0 Å². The predicted octanol–water partition coefficient (Wildman–Crippen LogP) is 4.00. The van der Waals surface area contributed by atoms with Crippen molar-refractivity contribution in [2.45, 2.75) is 26.1 Å². The maximum absolute atomic E-state index is 10.9. The minimum Gasteiger partial charge on any atom is -0.258 e. The third-order valence-corrected chi connectivity index (χ3v) is 4.10. The molecule has 0 atom stereocenters. The Morgan fingerprint density at radius 3 is 2.68 bits per heavy atom. The first-order valence-electron chi connectivity index (χ1n) is 5.75. The largest absolute Gasteiger partial charge is 0.272 e. The van der Waals surface area contributed by atoms with Crippen LogP contribution >= 0.6 is 22.9 Å². The van der Waals surface area contributed by atoms with Crippen LogP contribution in [-0.4, -0.2) is 9.91 Å². The molecule has 1 aromatic carbocycles. The van der Waals surface area contributed by atoms with E-state index in [1.54, 1.807) is 24.3 Å². The SMILES string of the molecule is Cc1cc([N+](=O)[O-])c(C)cc1Cc1nc(CCl)cs1. The van der Waals surface area contributed by atoms with Crippen molar-refractivity contribution in [3.05, 3.63) is 55.0 Å². The number of aryl methyl sites for hydroxylation is 2. The molecule has 0 unspecified atom stereocenters. The van der Waals surface area contributed by atoms with Gasteiger partial charge >= 0.3 is 0 Å². The van der Waals surface area contributed by atoms with E-state index in [2.05, 4.69) is 4.98 Å². The average molecular weight is 297 g/mol. The average Bonchev–Trinajstić information content (AvgIpc) is 2.80. The number of nitro benzene ring substituents is 1. The molecule has 1 aromatic heterocycles. The quantitative estimate of drug-likeness (QED) is 0.487. The minimum atomic E-state index is -0.346. The van der Waals surface area contributed by atoms with Crippen molar-refractivity contribution in [1.29, 1.82) is 0 Å². The molecule has 0 saturated heterocycles. The van der Waals surface area contributed by atoms with E-state index in [-0.39, 0.29) is 10.6 Å². The standard InChI is InChI=1S/C13H13ClN2O2S/c1-8-4-12(16(17)18)9(2)3-10(8)5-13-15-11(6-14)7-19-13/h3-4,7H,5-6H2,1-2H3. The Bertz CT molecular complexity index is 625. The minimum absolute atomic E-state index is 0.168. The van der Waals surface area contributed by atoms with Gasteiger partial charge in [-0.15, -0.1) is 22.9 Å². The maximum atomic E-state index is 10.9. The molecule has 0 aliphatic heterocycles. The molecule has 0 amide bonds. The van der Waals surface area contributed by atoms with Gasteiger partial charge in [-0.25, -0.2) is 4.98 Å². The molecule has 0 fully saturated rings. The van der Waals surface area contributed by atoms with Crippen molar-refractivity contribution in [3.63, 3.8) is 0 Å². The van der Waals surface area contributed by atoms with E-state index < -0.39 is 0 Å². The normalized spacial score (nSPS) is 10.7. The van der Waals surface area contributed by atoms with Gasteiger partial charge in [0.15, 0.2) is 0 Å². The van der Waals surface area contributed by atoms with Crippen molar-refractivity contribution in [2.24, 2.45) is 0 Å². The summed E-state index contributed by atoms with van der Waals surface area (Å²) in [4.78, 5) is 14.9. The second kappa shape index (κ2) is 5.67. The lowest BCUT2D eigenvalue weighted by Crippen LogP contribution is -1.98. The van der Waals surface area contributed by atoms with Crippen LogP contribution < -0.4 is 0 Å². The van der Waals surface area contributed by atoms with E-state index >= 15 is 0 Å². The van der Waals surface area contributed by atoms with Crippen LogP contribution in [0.1, 0.15) is 27.4 Å². The molecule has 0 aliphatic rings. The van der Waals surface area contributed by atoms with E-state index in [1.165, 1.54) is 0 Å². The van der Waals surface area contributed by atoms with Gasteiger partial charge in [0, 0.05) is 23.4 Å². The number of thiazole rings is 1. The van der Waals surface area contributed by atoms with E-state index in [4.69, 9.17) is 11.6 Å². The third-order valence-electron chi connectivity index (χ3n) is 2.93. The number of hydrogen-bond acceptors (Lipinski definition) is 4. The first-order chi connectivity index (χ1) is 9.01. The fourth-order valence-electron chi connectivity index (χ4n) is 1.90. The second-order valence-corrected chi connectivity index (χ2v) is 5.58. The Kier molecular flexibility index (Phi) is 4.17. The molecule has 0 radical (unpaired) electrons. The summed E-state index contributed by atoms with van der Waals surface area (Å²) in [5, 5.41) is 13.8. The van der Waals surface area contributed by atoms with Crippen LogP contribution in [0.2, 0.25) is 0 Å². The fourth-order valence-corrected chi connectivity index (χ4v) is 2.95. The monoisotopic (exact) mass is 296 g/mol. The van der Waals surface area contributed by atoms with Gasteiger partial charge in [0.2, 0.25) is 0 Å². The van der Waals surface area contributed by atoms with Crippen molar-refractivity contribution in [1.82, 2.24) is 4.98 Å². The smallest absolute Gasteiger partial charge is 0.258 e. The van der Waals surface area contributed by atoms with Crippen molar-refractivity contribution in [3.8, 4) is 0 Å². The highest BCUT2D eigenvalue weighted by atomic mass is 35.5. The second-order valence-electron chi connectivity index (χ2n) is 4.37. The van der Waals surface area contributed by atoms with Gasteiger partial charge in [-0.05, 0) is 31.0 Å². The van der Waals surface area contributed by atoms with Gasteiger partial charge in [0.25, 0.3) is 5.69 Å². The molecule has 2 rings (SSSR count). The molecule has 2 aromatic rings. The molecule has 6 heteroatoms. The number of aromatic nitrogens is 1. The summed E-state index contributed by atoms with van der Waals surface area (Å²) in [6.07, 6.45) is 0.687. The Morgan fingerprint density at radius 2 is 2.11 bits per heavy atom. The summed E-state index contributed by atoms with van der Waals surface area (Å²) in [6, 6.07) is 3.50. The Labute approximate surface area is 120 Å². The Balaban J connectivity index is 2.30. The summed E-state index contributed by atoms with van der Waals surface area (Å²) in [5.41, 5.74) is 3.71. The summed E-state index contributed by atoms with van der Waals surface area (Å²) in [7, 11) is 0. The number of rotatable bonds is 4. The van der Waals surface area contributed by atoms with Gasteiger partial charge in [0.1, 0.15) is 0 Å². The highest BCUT2D eigenvalue weighted by Crippen LogP contribution is 2.25. The number of nitro groups is 1. The molecule has 0 saturated carbocycles. The summed E-state index contributed by atoms with van der Waals surface area (Å²) >= 11 is 7.29. The number of alkyl halides is 1. The maximum Gasteiger partial charge on any atom is 0.272 e. The van der Waals surface area contributed by atoms with E-state index in [0.717, 1.165) is 21.8 Å². The molecule has 0 N–H and O–H groups in total. The van der Waals surface area contributed by atoms with Crippen LogP contribution in [0.5, 0.6) is 0 Å². The van der Waals surface area contributed by atoms with Gasteiger partial charge in [-0.2, -0.15) is 0 Å². The van der Waals surface area contributed by atoms with Gasteiger partial charge < -0.3 is 0 Å². The molecule has 0 aliphatic carbocycles. The zero-order valence-electron chi connectivity index (χ0n) is 10.6. The number of benzene rings is 1. The molecular weight excluding hydrogens is 284 g/mol. The first kappa shape index (κ1) is 14.0. The topological polar surface area (TPSA) is 56.0 Å². The fraction of sp³-hybridized carbons (Fsp3) is 0.308. The van der Waals surface area contributed by atoms with E-state index in [9.17, 15) is 10.1 Å². The zero-order valence-corrected chi connectivity index (χ0v) is 12.2. The predicted molar refractivity (Wildman–Crippen MR) is 77.0 cm³/mol. The number of nitrogens with zero attached hydrogens (tertiary/aromatic N) is 2. The molecule has 4 nitrogen and oxygen atoms in total. The van der Waals surface area contributed by atoms with E-state index in [1.807, 2.05) is 18.4 Å². The van der Waals surface area contributed by atoms with Crippen molar-refractivity contribution in [2.75, 3.05) is 0 Å². The van der Waals surface area contributed by atoms with Gasteiger partial charge in [0.05, 0.1) is 21.5 Å². The van der Waals surface area contributed by atoms with Crippen molar-refractivity contribution < 1.29 is 4.92 Å². The molecule has 100 valence electrons. The number of hydrogen-bond donors (Lipinski definition) is 0. The van der Waals surface area contributed by atoms with Gasteiger partial charge in [-0.1, -0.05) is 0 Å². The third kappa shape index (κ3) is 3.11. The first-order valence-corrected chi connectivity index (χ1v) is 7.16. The molecule has 1 heterocycles. The molecule has 19 heavy (non-hydrogen) atoms. The lowest BCUT2D eigenvalue weighted by molar-refractivity contribution is -0.385. The lowest BCUT2D eigenvalue weighted by Gasteiger charge is -2.06. The Morgan fingerprint density at radius 1 is 1.37 bits per heavy atom. The highest BCUT2D eigenvalue weighted by molar-refractivity contribution is 7.09. The van der Waals surface area contributed by atoms with Crippen LogP contribution in [0.15, 0.2) is 17.5 Å². The lowest BCUT2D eigenvalue weighted by atomic mass is 10.0. The molecular formula is C13H13ClN2O2S. The van der Waals surface area contributed by atoms with Gasteiger partial charge in [-0.3, -0.25) is 10.1 Å².